The zero-order valence-corrected chi connectivity index (χ0v) is 8.37. The Kier molecular flexibility index (Phi) is 4.66. The first-order valence-electron chi connectivity index (χ1n) is 4.99. The molecule has 0 aromatic carbocycles. The van der Waals surface area contributed by atoms with Gasteiger partial charge in [0.1, 0.15) is 0 Å². The quantitative estimate of drug-likeness (QED) is 0.508. The summed E-state index contributed by atoms with van der Waals surface area (Å²) in [5, 5.41) is 12.4. The van der Waals surface area contributed by atoms with E-state index >= 15 is 0 Å². The molecule has 0 aromatic heterocycles. The van der Waals surface area contributed by atoms with Crippen LogP contribution in [0, 0.1) is 5.92 Å². The maximum atomic E-state index is 9.19. The molecule has 1 rings (SSSR count). The smallest absolute Gasteiger partial charge is 0.0786 e. The number of nitrogens with zero attached hydrogens (tertiary/aromatic N) is 1. The van der Waals surface area contributed by atoms with Gasteiger partial charge in [-0.05, 0) is 32.5 Å². The van der Waals surface area contributed by atoms with Gasteiger partial charge in [-0.2, -0.15) is 0 Å². The molecule has 2 unspecified atom stereocenters. The summed E-state index contributed by atoms with van der Waals surface area (Å²) in [6.45, 7) is 4.34. The van der Waals surface area contributed by atoms with E-state index in [-0.39, 0.29) is 6.10 Å². The fourth-order valence-corrected chi connectivity index (χ4v) is 1.73. The third-order valence-electron chi connectivity index (χ3n) is 2.57. The number of aliphatic hydroxyl groups is 1. The summed E-state index contributed by atoms with van der Waals surface area (Å²) in [4.78, 5) is 2.34. The Morgan fingerprint density at radius 3 is 3.00 bits per heavy atom. The van der Waals surface area contributed by atoms with Gasteiger partial charge >= 0.3 is 0 Å². The summed E-state index contributed by atoms with van der Waals surface area (Å²) >= 11 is 0. The van der Waals surface area contributed by atoms with E-state index in [9.17, 15) is 5.11 Å². The van der Waals surface area contributed by atoms with Gasteiger partial charge in [-0.25, -0.2) is 0 Å². The van der Waals surface area contributed by atoms with Crippen molar-refractivity contribution < 1.29 is 5.11 Å². The number of hydrogen-bond donors (Lipinski definition) is 3. The van der Waals surface area contributed by atoms with Gasteiger partial charge in [0.2, 0.25) is 0 Å². The van der Waals surface area contributed by atoms with Gasteiger partial charge in [-0.15, -0.1) is 0 Å². The first-order chi connectivity index (χ1) is 6.22. The van der Waals surface area contributed by atoms with Crippen molar-refractivity contribution in [3.05, 3.63) is 0 Å². The van der Waals surface area contributed by atoms with Gasteiger partial charge in [0.05, 0.1) is 6.10 Å². The highest BCUT2D eigenvalue weighted by molar-refractivity contribution is 4.75. The van der Waals surface area contributed by atoms with Crippen molar-refractivity contribution >= 4 is 0 Å². The predicted molar refractivity (Wildman–Crippen MR) is 53.5 cm³/mol. The number of likely N-dealkylation sites (tertiary alicyclic amines) is 1. The van der Waals surface area contributed by atoms with Gasteiger partial charge in [-0.3, -0.25) is 0 Å². The molecule has 1 aliphatic heterocycles. The Hall–Kier alpha value is -0.160. The summed E-state index contributed by atoms with van der Waals surface area (Å²) in [5.74, 6) is 0.745. The maximum Gasteiger partial charge on any atom is 0.0786 e. The molecule has 1 fully saturated rings. The minimum Gasteiger partial charge on any atom is -0.390 e. The standard InChI is InChI=1S/C9H21N3O/c1-12-3-2-8(7-12)5-11-6-9(13)4-10/h8-9,11,13H,2-7,10H2,1H3. The molecule has 1 saturated heterocycles. The van der Waals surface area contributed by atoms with Crippen molar-refractivity contribution in [3.8, 4) is 0 Å². The van der Waals surface area contributed by atoms with E-state index in [0.29, 0.717) is 13.1 Å². The summed E-state index contributed by atoms with van der Waals surface area (Å²) in [6.07, 6.45) is 0.876. The van der Waals surface area contributed by atoms with Gasteiger partial charge in [0.15, 0.2) is 0 Å². The summed E-state index contributed by atoms with van der Waals surface area (Å²) in [6, 6.07) is 0. The van der Waals surface area contributed by atoms with Crippen LogP contribution in [0.2, 0.25) is 0 Å². The van der Waals surface area contributed by atoms with Crippen molar-refractivity contribution in [3.63, 3.8) is 0 Å². The monoisotopic (exact) mass is 187 g/mol. The molecule has 0 aliphatic carbocycles. The Balaban J connectivity index is 2.00. The molecular formula is C9H21N3O. The first-order valence-corrected chi connectivity index (χ1v) is 4.99. The summed E-state index contributed by atoms with van der Waals surface area (Å²) in [7, 11) is 2.15. The van der Waals surface area contributed by atoms with Crippen LogP contribution in [-0.2, 0) is 0 Å². The minimum atomic E-state index is -0.390. The second-order valence-corrected chi connectivity index (χ2v) is 3.96. The van der Waals surface area contributed by atoms with Crippen LogP contribution in [0.15, 0.2) is 0 Å². The lowest BCUT2D eigenvalue weighted by atomic mass is 10.1. The van der Waals surface area contributed by atoms with Crippen LogP contribution >= 0.6 is 0 Å². The Bertz CT molecular complexity index is 143. The third-order valence-corrected chi connectivity index (χ3v) is 2.57. The van der Waals surface area contributed by atoms with Crippen LogP contribution < -0.4 is 11.1 Å². The molecule has 0 aromatic rings. The van der Waals surface area contributed by atoms with Crippen LogP contribution in [0.1, 0.15) is 6.42 Å². The molecule has 13 heavy (non-hydrogen) atoms. The Morgan fingerprint density at radius 2 is 2.46 bits per heavy atom. The van der Waals surface area contributed by atoms with Crippen molar-refractivity contribution in [1.82, 2.24) is 10.2 Å². The Morgan fingerprint density at radius 1 is 1.69 bits per heavy atom. The van der Waals surface area contributed by atoms with Crippen LogP contribution in [0.4, 0.5) is 0 Å². The van der Waals surface area contributed by atoms with Crippen molar-refractivity contribution in [2.75, 3.05) is 39.8 Å². The second kappa shape index (κ2) is 5.54. The third kappa shape index (κ3) is 4.04. The molecule has 0 saturated carbocycles. The number of aliphatic hydroxyl groups excluding tert-OH is 1. The maximum absolute atomic E-state index is 9.19. The zero-order chi connectivity index (χ0) is 9.68. The number of nitrogens with one attached hydrogen (secondary N) is 1. The van der Waals surface area contributed by atoms with Crippen LogP contribution in [0.3, 0.4) is 0 Å². The molecule has 0 amide bonds. The predicted octanol–water partition coefficient (Wildman–Crippen LogP) is -1.15. The average molecular weight is 187 g/mol. The van der Waals surface area contributed by atoms with Crippen LogP contribution in [0.25, 0.3) is 0 Å². The minimum absolute atomic E-state index is 0.345. The van der Waals surface area contributed by atoms with Gasteiger partial charge in [0.25, 0.3) is 0 Å². The molecule has 1 aliphatic rings. The normalized spacial score (nSPS) is 26.5. The van der Waals surface area contributed by atoms with E-state index in [4.69, 9.17) is 5.73 Å². The fourth-order valence-electron chi connectivity index (χ4n) is 1.73. The molecule has 0 spiro atoms. The highest BCUT2D eigenvalue weighted by atomic mass is 16.3. The second-order valence-electron chi connectivity index (χ2n) is 3.96. The number of hydrogen-bond acceptors (Lipinski definition) is 4. The van der Waals surface area contributed by atoms with E-state index in [1.807, 2.05) is 0 Å². The molecule has 0 radical (unpaired) electrons. The van der Waals surface area contributed by atoms with E-state index in [2.05, 4.69) is 17.3 Å². The largest absolute Gasteiger partial charge is 0.390 e. The van der Waals surface area contributed by atoms with Crippen LogP contribution in [0.5, 0.6) is 0 Å². The molecule has 0 bridgehead atoms. The topological polar surface area (TPSA) is 61.5 Å². The van der Waals surface area contributed by atoms with Crippen LogP contribution in [-0.4, -0.2) is 55.9 Å². The van der Waals surface area contributed by atoms with E-state index < -0.39 is 0 Å². The van der Waals surface area contributed by atoms with Crippen molar-refractivity contribution in [2.45, 2.75) is 12.5 Å². The van der Waals surface area contributed by atoms with Gasteiger partial charge in [-0.1, -0.05) is 0 Å². The number of rotatable bonds is 5. The lowest BCUT2D eigenvalue weighted by Crippen LogP contribution is -2.35. The van der Waals surface area contributed by atoms with E-state index in [0.717, 1.165) is 12.5 Å². The van der Waals surface area contributed by atoms with Gasteiger partial charge < -0.3 is 21.1 Å². The molecule has 4 nitrogen and oxygen atoms in total. The fraction of sp³-hybridized carbons (Fsp3) is 1.00. The Labute approximate surface area is 80.1 Å². The molecule has 1 heterocycles. The zero-order valence-electron chi connectivity index (χ0n) is 8.37. The van der Waals surface area contributed by atoms with Crippen molar-refractivity contribution in [2.24, 2.45) is 11.7 Å². The average Bonchev–Trinajstić information content (AvgIpc) is 2.51. The molecule has 4 N–H and O–H groups in total. The molecule has 78 valence electrons. The van der Waals surface area contributed by atoms with Gasteiger partial charge in [0, 0.05) is 19.6 Å². The first kappa shape index (κ1) is 10.9. The number of nitrogens with two attached hydrogens (primary N) is 1. The summed E-state index contributed by atoms with van der Waals surface area (Å²) in [5.41, 5.74) is 5.29. The highest BCUT2D eigenvalue weighted by Gasteiger charge is 2.18. The highest BCUT2D eigenvalue weighted by Crippen LogP contribution is 2.12. The lowest BCUT2D eigenvalue weighted by molar-refractivity contribution is 0.177. The molecule has 4 heteroatoms. The SMILES string of the molecule is CN1CCC(CNCC(O)CN)C1. The summed E-state index contributed by atoms with van der Waals surface area (Å²) < 4.78 is 0. The van der Waals surface area contributed by atoms with E-state index in [1.165, 1.54) is 19.5 Å². The van der Waals surface area contributed by atoms with Crippen molar-refractivity contribution in [1.29, 1.82) is 0 Å². The lowest BCUT2D eigenvalue weighted by Gasteiger charge is -2.13. The van der Waals surface area contributed by atoms with E-state index in [1.54, 1.807) is 0 Å². The molecular weight excluding hydrogens is 166 g/mol. The molecule has 2 atom stereocenters.